The second-order valence-electron chi connectivity index (χ2n) is 6.59. The summed E-state index contributed by atoms with van der Waals surface area (Å²) in [6.45, 7) is 3.00. The van der Waals surface area contributed by atoms with E-state index in [0.717, 1.165) is 24.5 Å². The zero-order chi connectivity index (χ0) is 19.1. The number of hydrogen-bond acceptors (Lipinski definition) is 4. The summed E-state index contributed by atoms with van der Waals surface area (Å²) in [5, 5.41) is 6.98. The van der Waals surface area contributed by atoms with Crippen molar-refractivity contribution < 1.29 is 9.47 Å². The first kappa shape index (κ1) is 19.3. The minimum absolute atomic E-state index is 0.554. The quantitative estimate of drug-likeness (QED) is 0.728. The van der Waals surface area contributed by atoms with Crippen LogP contribution in [-0.2, 0) is 6.54 Å². The van der Waals surface area contributed by atoms with Crippen LogP contribution in [0.2, 0.25) is 0 Å². The van der Waals surface area contributed by atoms with Crippen molar-refractivity contribution in [3.8, 4) is 11.5 Å². The van der Waals surface area contributed by atoms with Gasteiger partial charge in [-0.1, -0.05) is 12.1 Å². The topological polar surface area (TPSA) is 45.8 Å². The Morgan fingerprint density at radius 2 is 1.74 bits per heavy atom. The minimum atomic E-state index is 0.554. The lowest BCUT2D eigenvalue weighted by Crippen LogP contribution is -2.29. The lowest BCUT2D eigenvalue weighted by atomic mass is 10.1. The number of methoxy groups -OCH3 is 2. The van der Waals surface area contributed by atoms with E-state index in [1.165, 1.54) is 30.5 Å². The number of thiocarbonyl (C=S) groups is 1. The molecule has 0 bridgehead atoms. The first-order chi connectivity index (χ1) is 13.2. The van der Waals surface area contributed by atoms with Gasteiger partial charge in [-0.05, 0) is 61.3 Å². The number of nitrogens with zero attached hydrogens (tertiary/aromatic N) is 1. The van der Waals surface area contributed by atoms with Crippen LogP contribution >= 0.6 is 12.2 Å². The molecule has 1 aliphatic heterocycles. The van der Waals surface area contributed by atoms with Crippen molar-refractivity contribution >= 4 is 28.7 Å². The van der Waals surface area contributed by atoms with Gasteiger partial charge in [0.1, 0.15) is 11.5 Å². The SMILES string of the molecule is COc1ccc(NC(=S)NCc2ccc(N3CCCCC3)cc2)c(OC)c1. The van der Waals surface area contributed by atoms with E-state index in [-0.39, 0.29) is 0 Å². The van der Waals surface area contributed by atoms with Gasteiger partial charge in [0.2, 0.25) is 0 Å². The molecular formula is C21H27N3O2S. The summed E-state index contributed by atoms with van der Waals surface area (Å²) in [5.41, 5.74) is 3.31. The van der Waals surface area contributed by atoms with Gasteiger partial charge in [-0.25, -0.2) is 0 Å². The Bertz CT molecular complexity index is 759. The fourth-order valence-corrected chi connectivity index (χ4v) is 3.41. The van der Waals surface area contributed by atoms with Crippen LogP contribution in [0.25, 0.3) is 0 Å². The Labute approximate surface area is 166 Å². The maximum absolute atomic E-state index is 5.41. The minimum Gasteiger partial charge on any atom is -0.497 e. The molecule has 0 aromatic heterocycles. The number of rotatable bonds is 6. The van der Waals surface area contributed by atoms with E-state index in [0.29, 0.717) is 17.4 Å². The molecule has 1 saturated heterocycles. The summed E-state index contributed by atoms with van der Waals surface area (Å²) in [7, 11) is 3.25. The first-order valence-corrected chi connectivity index (χ1v) is 9.71. The third-order valence-electron chi connectivity index (χ3n) is 4.77. The summed E-state index contributed by atoms with van der Waals surface area (Å²) < 4.78 is 10.6. The van der Waals surface area contributed by atoms with Crippen molar-refractivity contribution in [3.05, 3.63) is 48.0 Å². The molecule has 2 aromatic rings. The molecule has 144 valence electrons. The maximum Gasteiger partial charge on any atom is 0.171 e. The van der Waals surface area contributed by atoms with E-state index in [9.17, 15) is 0 Å². The number of nitrogens with one attached hydrogen (secondary N) is 2. The van der Waals surface area contributed by atoms with Crippen LogP contribution in [0.3, 0.4) is 0 Å². The molecule has 1 aliphatic rings. The first-order valence-electron chi connectivity index (χ1n) is 9.30. The Morgan fingerprint density at radius 1 is 1.00 bits per heavy atom. The third kappa shape index (κ3) is 5.26. The molecule has 3 rings (SSSR count). The van der Waals surface area contributed by atoms with E-state index in [2.05, 4.69) is 39.8 Å². The summed E-state index contributed by atoms with van der Waals surface area (Å²) in [6.07, 6.45) is 3.93. The smallest absolute Gasteiger partial charge is 0.171 e. The molecule has 6 heteroatoms. The zero-order valence-corrected chi connectivity index (χ0v) is 16.8. The predicted molar refractivity (Wildman–Crippen MR) is 115 cm³/mol. The van der Waals surface area contributed by atoms with Crippen LogP contribution in [0.15, 0.2) is 42.5 Å². The largest absolute Gasteiger partial charge is 0.497 e. The van der Waals surface area contributed by atoms with Gasteiger partial charge in [0, 0.05) is 31.4 Å². The number of anilines is 2. The van der Waals surface area contributed by atoms with Gasteiger partial charge in [-0.15, -0.1) is 0 Å². The fourth-order valence-electron chi connectivity index (χ4n) is 3.23. The van der Waals surface area contributed by atoms with Crippen LogP contribution in [0, 0.1) is 0 Å². The fraction of sp³-hybridized carbons (Fsp3) is 0.381. The lowest BCUT2D eigenvalue weighted by Gasteiger charge is -2.28. The third-order valence-corrected chi connectivity index (χ3v) is 5.01. The van der Waals surface area contributed by atoms with Crippen LogP contribution < -0.4 is 25.0 Å². The van der Waals surface area contributed by atoms with E-state index in [4.69, 9.17) is 21.7 Å². The second kappa shape index (κ2) is 9.46. The van der Waals surface area contributed by atoms with Gasteiger partial charge in [0.15, 0.2) is 5.11 Å². The van der Waals surface area contributed by atoms with Crippen LogP contribution in [-0.4, -0.2) is 32.4 Å². The Hall–Kier alpha value is -2.47. The van der Waals surface area contributed by atoms with Crippen molar-refractivity contribution in [2.24, 2.45) is 0 Å². The van der Waals surface area contributed by atoms with Crippen molar-refractivity contribution in [1.29, 1.82) is 0 Å². The van der Waals surface area contributed by atoms with Gasteiger partial charge in [0.05, 0.1) is 19.9 Å². The van der Waals surface area contributed by atoms with E-state index < -0.39 is 0 Å². The highest BCUT2D eigenvalue weighted by molar-refractivity contribution is 7.80. The molecule has 1 fully saturated rings. The van der Waals surface area contributed by atoms with Crippen LogP contribution in [0.5, 0.6) is 11.5 Å². The number of benzene rings is 2. The van der Waals surface area contributed by atoms with Gasteiger partial charge < -0.3 is 25.0 Å². The summed E-state index contributed by atoms with van der Waals surface area (Å²) in [6, 6.07) is 14.3. The summed E-state index contributed by atoms with van der Waals surface area (Å²) >= 11 is 5.41. The van der Waals surface area contributed by atoms with Gasteiger partial charge >= 0.3 is 0 Å². The standard InChI is InChI=1S/C21H27N3O2S/c1-25-18-10-11-19(20(14-18)26-2)23-21(27)22-15-16-6-8-17(9-7-16)24-12-4-3-5-13-24/h6-11,14H,3-5,12-13,15H2,1-2H3,(H2,22,23,27). The van der Waals surface area contributed by atoms with Crippen molar-refractivity contribution in [1.82, 2.24) is 5.32 Å². The monoisotopic (exact) mass is 385 g/mol. The number of piperidine rings is 1. The van der Waals surface area contributed by atoms with Crippen LogP contribution in [0.4, 0.5) is 11.4 Å². The summed E-state index contributed by atoms with van der Waals surface area (Å²) in [5.74, 6) is 1.43. The van der Waals surface area contributed by atoms with Crippen molar-refractivity contribution in [2.75, 3.05) is 37.5 Å². The highest BCUT2D eigenvalue weighted by Crippen LogP contribution is 2.29. The van der Waals surface area contributed by atoms with Gasteiger partial charge in [0.25, 0.3) is 0 Å². The molecule has 0 saturated carbocycles. The number of ether oxygens (including phenoxy) is 2. The highest BCUT2D eigenvalue weighted by Gasteiger charge is 2.11. The normalized spacial score (nSPS) is 13.8. The van der Waals surface area contributed by atoms with Crippen LogP contribution in [0.1, 0.15) is 24.8 Å². The second-order valence-corrected chi connectivity index (χ2v) is 7.00. The maximum atomic E-state index is 5.41. The Kier molecular flexibility index (Phi) is 6.76. The molecule has 2 N–H and O–H groups in total. The van der Waals surface area contributed by atoms with Crippen molar-refractivity contribution in [3.63, 3.8) is 0 Å². The predicted octanol–water partition coefficient (Wildman–Crippen LogP) is 4.18. The molecule has 0 unspecified atom stereocenters. The summed E-state index contributed by atoms with van der Waals surface area (Å²) in [4.78, 5) is 2.46. The molecule has 27 heavy (non-hydrogen) atoms. The molecule has 1 heterocycles. The molecule has 0 aliphatic carbocycles. The molecule has 0 spiro atoms. The van der Waals surface area contributed by atoms with E-state index in [1.54, 1.807) is 14.2 Å². The lowest BCUT2D eigenvalue weighted by molar-refractivity contribution is 0.395. The van der Waals surface area contributed by atoms with E-state index in [1.807, 2.05) is 18.2 Å². The number of hydrogen-bond donors (Lipinski definition) is 2. The molecule has 0 atom stereocenters. The Balaban J connectivity index is 1.53. The van der Waals surface area contributed by atoms with E-state index >= 15 is 0 Å². The zero-order valence-electron chi connectivity index (χ0n) is 16.0. The molecule has 0 radical (unpaired) electrons. The average molecular weight is 386 g/mol. The van der Waals surface area contributed by atoms with Gasteiger partial charge in [-0.2, -0.15) is 0 Å². The highest BCUT2D eigenvalue weighted by atomic mass is 32.1. The molecule has 2 aromatic carbocycles. The van der Waals surface area contributed by atoms with Gasteiger partial charge in [-0.3, -0.25) is 0 Å². The molecule has 0 amide bonds. The molecule has 5 nitrogen and oxygen atoms in total. The molecular weight excluding hydrogens is 358 g/mol. The average Bonchev–Trinajstić information content (AvgIpc) is 2.73. The van der Waals surface area contributed by atoms with Crippen molar-refractivity contribution in [2.45, 2.75) is 25.8 Å². The Morgan fingerprint density at radius 3 is 2.41 bits per heavy atom.